The van der Waals surface area contributed by atoms with Crippen LogP contribution in [0.1, 0.15) is 32.1 Å². The van der Waals surface area contributed by atoms with Gasteiger partial charge in [0.05, 0.1) is 10.4 Å². The van der Waals surface area contributed by atoms with Crippen molar-refractivity contribution in [1.82, 2.24) is 0 Å². The zero-order valence-electron chi connectivity index (χ0n) is 9.42. The number of carbonyl (C=O) groups is 1. The van der Waals surface area contributed by atoms with E-state index in [0.29, 0.717) is 10.2 Å². The Morgan fingerprint density at radius 2 is 2.00 bits per heavy atom. The highest BCUT2D eigenvalue weighted by atomic mass is 79.9. The largest absolute Gasteiger partial charge is 0.425 e. The van der Waals surface area contributed by atoms with Crippen LogP contribution in [0.2, 0.25) is 0 Å². The highest BCUT2D eigenvalue weighted by Crippen LogP contribution is 2.29. The molecule has 1 saturated carbocycles. The summed E-state index contributed by atoms with van der Waals surface area (Å²) < 4.78 is 18.6. The molecule has 92 valence electrons. The lowest BCUT2D eigenvalue weighted by molar-refractivity contribution is -0.140. The van der Waals surface area contributed by atoms with Crippen molar-refractivity contribution in [3.8, 4) is 5.75 Å². The van der Waals surface area contributed by atoms with Crippen LogP contribution in [-0.2, 0) is 4.79 Å². The maximum Gasteiger partial charge on any atom is 0.314 e. The van der Waals surface area contributed by atoms with E-state index in [0.717, 1.165) is 25.7 Å². The molecule has 0 saturated heterocycles. The number of rotatable bonds is 2. The fourth-order valence-corrected chi connectivity index (χ4v) is 2.52. The van der Waals surface area contributed by atoms with Gasteiger partial charge in [0.1, 0.15) is 11.6 Å². The van der Waals surface area contributed by atoms with Gasteiger partial charge in [0.2, 0.25) is 0 Å². The first-order valence-corrected chi connectivity index (χ1v) is 6.63. The number of hydrogen-bond donors (Lipinski definition) is 0. The van der Waals surface area contributed by atoms with Crippen molar-refractivity contribution < 1.29 is 13.9 Å². The maximum absolute atomic E-state index is 12.9. The molecule has 0 amide bonds. The van der Waals surface area contributed by atoms with Crippen LogP contribution in [0.25, 0.3) is 0 Å². The van der Waals surface area contributed by atoms with Gasteiger partial charge in [0.15, 0.2) is 0 Å². The van der Waals surface area contributed by atoms with Gasteiger partial charge in [0.25, 0.3) is 0 Å². The average Bonchev–Trinajstić information content (AvgIpc) is 2.34. The summed E-state index contributed by atoms with van der Waals surface area (Å²) in [5.74, 6) is -0.158. The van der Waals surface area contributed by atoms with E-state index < -0.39 is 0 Å². The van der Waals surface area contributed by atoms with Crippen LogP contribution >= 0.6 is 15.9 Å². The van der Waals surface area contributed by atoms with Crippen molar-refractivity contribution in [3.05, 3.63) is 28.5 Å². The molecule has 0 heterocycles. The smallest absolute Gasteiger partial charge is 0.314 e. The molecule has 0 spiro atoms. The quantitative estimate of drug-likeness (QED) is 0.608. The van der Waals surface area contributed by atoms with Gasteiger partial charge in [-0.1, -0.05) is 19.3 Å². The summed E-state index contributed by atoms with van der Waals surface area (Å²) in [6.07, 6.45) is 5.17. The Bertz CT molecular complexity index is 414. The van der Waals surface area contributed by atoms with Gasteiger partial charge in [-0.2, -0.15) is 0 Å². The van der Waals surface area contributed by atoms with E-state index in [1.165, 1.54) is 24.6 Å². The van der Waals surface area contributed by atoms with Crippen molar-refractivity contribution >= 4 is 21.9 Å². The van der Waals surface area contributed by atoms with Crippen molar-refractivity contribution in [2.75, 3.05) is 0 Å². The summed E-state index contributed by atoms with van der Waals surface area (Å²) in [5, 5.41) is 0. The zero-order chi connectivity index (χ0) is 12.3. The summed E-state index contributed by atoms with van der Waals surface area (Å²) >= 11 is 3.18. The molecule has 0 unspecified atom stereocenters. The second-order valence-electron chi connectivity index (χ2n) is 4.33. The van der Waals surface area contributed by atoms with Crippen molar-refractivity contribution in [2.24, 2.45) is 5.92 Å². The normalized spacial score (nSPS) is 16.8. The number of ether oxygens (including phenoxy) is 1. The summed E-state index contributed by atoms with van der Waals surface area (Å²) in [5.41, 5.74) is 0. The maximum atomic E-state index is 12.9. The Balaban J connectivity index is 2.02. The van der Waals surface area contributed by atoms with E-state index in [2.05, 4.69) is 15.9 Å². The highest BCUT2D eigenvalue weighted by Gasteiger charge is 2.23. The monoisotopic (exact) mass is 300 g/mol. The molecular formula is C13H14BrFO2. The summed E-state index contributed by atoms with van der Waals surface area (Å²) in [7, 11) is 0. The second kappa shape index (κ2) is 5.63. The number of halogens is 2. The molecule has 0 N–H and O–H groups in total. The van der Waals surface area contributed by atoms with Crippen LogP contribution in [0, 0.1) is 11.7 Å². The minimum absolute atomic E-state index is 0.000651. The Labute approximate surface area is 108 Å². The van der Waals surface area contributed by atoms with Crippen LogP contribution < -0.4 is 4.74 Å². The number of esters is 1. The van der Waals surface area contributed by atoms with Crippen LogP contribution in [0.4, 0.5) is 4.39 Å². The van der Waals surface area contributed by atoms with Crippen molar-refractivity contribution in [3.63, 3.8) is 0 Å². The molecular weight excluding hydrogens is 287 g/mol. The Morgan fingerprint density at radius 3 is 2.65 bits per heavy atom. The van der Waals surface area contributed by atoms with Crippen LogP contribution in [0.3, 0.4) is 0 Å². The number of carbonyl (C=O) groups excluding carboxylic acids is 1. The fraction of sp³-hybridized carbons (Fsp3) is 0.462. The van der Waals surface area contributed by atoms with E-state index in [4.69, 9.17) is 4.74 Å². The van der Waals surface area contributed by atoms with E-state index in [1.807, 2.05) is 0 Å². The van der Waals surface area contributed by atoms with E-state index >= 15 is 0 Å². The zero-order valence-corrected chi connectivity index (χ0v) is 11.0. The Morgan fingerprint density at radius 1 is 1.29 bits per heavy atom. The van der Waals surface area contributed by atoms with Gasteiger partial charge in [-0.15, -0.1) is 0 Å². The van der Waals surface area contributed by atoms with Gasteiger partial charge in [-0.05, 0) is 47.0 Å². The molecule has 1 aromatic rings. The summed E-state index contributed by atoms with van der Waals surface area (Å²) in [6.45, 7) is 0. The summed E-state index contributed by atoms with van der Waals surface area (Å²) in [4.78, 5) is 11.9. The van der Waals surface area contributed by atoms with Gasteiger partial charge >= 0.3 is 5.97 Å². The van der Waals surface area contributed by atoms with Gasteiger partial charge in [-0.25, -0.2) is 4.39 Å². The fourth-order valence-electron chi connectivity index (χ4n) is 2.09. The van der Waals surface area contributed by atoms with Gasteiger partial charge < -0.3 is 4.74 Å². The summed E-state index contributed by atoms with van der Waals surface area (Å²) in [6, 6.07) is 4.05. The second-order valence-corrected chi connectivity index (χ2v) is 5.19. The van der Waals surface area contributed by atoms with E-state index in [1.54, 1.807) is 0 Å². The Kier molecular flexibility index (Phi) is 4.15. The van der Waals surface area contributed by atoms with Gasteiger partial charge in [-0.3, -0.25) is 4.79 Å². The van der Waals surface area contributed by atoms with E-state index in [9.17, 15) is 9.18 Å². The molecule has 0 radical (unpaired) electrons. The first kappa shape index (κ1) is 12.6. The number of benzene rings is 1. The molecule has 2 nitrogen and oxygen atoms in total. The van der Waals surface area contributed by atoms with Crippen LogP contribution in [0.5, 0.6) is 5.75 Å². The predicted octanol–water partition coefficient (Wildman–Crippen LogP) is 4.07. The number of hydrogen-bond acceptors (Lipinski definition) is 2. The lowest BCUT2D eigenvalue weighted by Crippen LogP contribution is -2.22. The molecule has 0 atom stereocenters. The first-order valence-electron chi connectivity index (χ1n) is 5.83. The molecule has 1 aromatic carbocycles. The van der Waals surface area contributed by atoms with Crippen molar-refractivity contribution in [2.45, 2.75) is 32.1 Å². The Hall–Kier alpha value is -0.900. The first-order chi connectivity index (χ1) is 8.16. The third kappa shape index (κ3) is 3.28. The molecule has 0 aliphatic heterocycles. The minimum Gasteiger partial charge on any atom is -0.425 e. The lowest BCUT2D eigenvalue weighted by atomic mass is 9.89. The highest BCUT2D eigenvalue weighted by molar-refractivity contribution is 9.10. The molecule has 1 aliphatic carbocycles. The predicted molar refractivity (Wildman–Crippen MR) is 66.3 cm³/mol. The average molecular weight is 301 g/mol. The van der Waals surface area contributed by atoms with Gasteiger partial charge in [0, 0.05) is 0 Å². The van der Waals surface area contributed by atoms with Crippen molar-refractivity contribution in [1.29, 1.82) is 0 Å². The molecule has 1 aliphatic rings. The molecule has 0 aromatic heterocycles. The minimum atomic E-state index is -0.352. The third-order valence-corrected chi connectivity index (χ3v) is 3.66. The van der Waals surface area contributed by atoms with Crippen LogP contribution in [0.15, 0.2) is 22.7 Å². The topological polar surface area (TPSA) is 26.3 Å². The molecule has 0 bridgehead atoms. The lowest BCUT2D eigenvalue weighted by Gasteiger charge is -2.20. The standard InChI is InChI=1S/C13H14BrFO2/c14-11-8-10(15)6-7-12(11)17-13(16)9-4-2-1-3-5-9/h6-9H,1-5H2. The van der Waals surface area contributed by atoms with E-state index in [-0.39, 0.29) is 17.7 Å². The molecule has 1 fully saturated rings. The van der Waals surface area contributed by atoms with Crippen LogP contribution in [-0.4, -0.2) is 5.97 Å². The third-order valence-electron chi connectivity index (χ3n) is 3.04. The molecule has 2 rings (SSSR count). The SMILES string of the molecule is O=C(Oc1ccc(F)cc1Br)C1CCCCC1. The molecule has 17 heavy (non-hydrogen) atoms. The molecule has 4 heteroatoms.